The fourth-order valence-corrected chi connectivity index (χ4v) is 2.82. The third-order valence-corrected chi connectivity index (χ3v) is 4.19. The van der Waals surface area contributed by atoms with Crippen LogP contribution < -0.4 is 5.32 Å². The molecule has 0 unspecified atom stereocenters. The van der Waals surface area contributed by atoms with Gasteiger partial charge in [0.1, 0.15) is 12.1 Å². The van der Waals surface area contributed by atoms with Crippen molar-refractivity contribution in [1.29, 1.82) is 0 Å². The molecule has 8 nitrogen and oxygen atoms in total. The van der Waals surface area contributed by atoms with Gasteiger partial charge in [0.15, 0.2) is 5.82 Å². The third-order valence-electron chi connectivity index (χ3n) is 4.19. The summed E-state index contributed by atoms with van der Waals surface area (Å²) in [6.45, 7) is 3.66. The zero-order valence-corrected chi connectivity index (χ0v) is 14.4. The Balaban J connectivity index is 1.70. The molecule has 1 aromatic heterocycles. The number of aromatic nitrogens is 2. The minimum atomic E-state index is -1.07. The molecule has 1 aromatic carbocycles. The maximum atomic E-state index is 12.4. The Morgan fingerprint density at radius 1 is 1.32 bits per heavy atom. The monoisotopic (exact) mass is 344 g/mol. The number of aryl methyl sites for hydroxylation is 1. The quantitative estimate of drug-likeness (QED) is 0.796. The Kier molecular flexibility index (Phi) is 4.54. The van der Waals surface area contributed by atoms with Crippen LogP contribution in [0.1, 0.15) is 29.8 Å². The van der Waals surface area contributed by atoms with Gasteiger partial charge in [-0.15, -0.1) is 0 Å². The van der Waals surface area contributed by atoms with Crippen molar-refractivity contribution in [2.24, 2.45) is 0 Å². The fourth-order valence-electron chi connectivity index (χ4n) is 2.82. The van der Waals surface area contributed by atoms with E-state index >= 15 is 0 Å². The van der Waals surface area contributed by atoms with Crippen molar-refractivity contribution in [2.45, 2.75) is 32.4 Å². The zero-order chi connectivity index (χ0) is 18.0. The molecule has 1 fully saturated rings. The van der Waals surface area contributed by atoms with Gasteiger partial charge < -0.3 is 14.6 Å². The summed E-state index contributed by atoms with van der Waals surface area (Å²) in [6, 6.07) is 7.44. The van der Waals surface area contributed by atoms with Crippen molar-refractivity contribution in [3.63, 3.8) is 0 Å². The zero-order valence-electron chi connectivity index (χ0n) is 14.4. The second-order valence-electron chi connectivity index (χ2n) is 6.29. The fraction of sp³-hybridized carbons (Fsp3) is 0.412. The summed E-state index contributed by atoms with van der Waals surface area (Å²) in [7, 11) is 1.48. The number of hydrogen-bond donors (Lipinski definition) is 1. The summed E-state index contributed by atoms with van der Waals surface area (Å²) >= 11 is 0. The van der Waals surface area contributed by atoms with Crippen LogP contribution in [0, 0.1) is 6.92 Å². The van der Waals surface area contributed by atoms with Crippen molar-refractivity contribution < 1.29 is 18.8 Å². The molecule has 132 valence electrons. The van der Waals surface area contributed by atoms with E-state index in [-0.39, 0.29) is 24.9 Å². The number of rotatable bonds is 6. The van der Waals surface area contributed by atoms with Crippen molar-refractivity contribution in [3.8, 4) is 0 Å². The molecular formula is C17H20N4O4. The number of carbonyl (C=O) groups excluding carboxylic acids is 2. The minimum absolute atomic E-state index is 0.0647. The van der Waals surface area contributed by atoms with Crippen molar-refractivity contribution in [2.75, 3.05) is 13.7 Å². The molecule has 8 heteroatoms. The molecule has 0 aliphatic carbocycles. The molecule has 0 bridgehead atoms. The summed E-state index contributed by atoms with van der Waals surface area (Å²) < 4.78 is 10.2. The normalized spacial score (nSPS) is 20.2. The highest BCUT2D eigenvalue weighted by atomic mass is 16.5. The van der Waals surface area contributed by atoms with E-state index in [4.69, 9.17) is 9.26 Å². The first-order valence-electron chi connectivity index (χ1n) is 7.92. The van der Waals surface area contributed by atoms with Crippen LogP contribution in [0.15, 0.2) is 28.8 Å². The highest BCUT2D eigenvalue weighted by molar-refractivity contribution is 6.06. The molecule has 0 saturated carbocycles. The van der Waals surface area contributed by atoms with E-state index in [1.807, 2.05) is 31.2 Å². The summed E-state index contributed by atoms with van der Waals surface area (Å²) in [5.41, 5.74) is 1.16. The lowest BCUT2D eigenvalue weighted by atomic mass is 10.0. The Labute approximate surface area is 145 Å². The van der Waals surface area contributed by atoms with Crippen LogP contribution in [0.5, 0.6) is 0 Å². The average molecular weight is 344 g/mol. The first-order chi connectivity index (χ1) is 11.9. The van der Waals surface area contributed by atoms with Gasteiger partial charge in [0.25, 0.3) is 5.91 Å². The van der Waals surface area contributed by atoms with E-state index in [9.17, 15) is 9.59 Å². The first kappa shape index (κ1) is 17.1. The standard InChI is InChI=1S/C17H20N4O4/c1-11-6-4-5-7-12(11)8-13-18-14(25-20-13)9-21-15(22)17(2,10-24-3)19-16(21)23/h4-7H,8-10H2,1-3H3,(H,19,23)/t17-/m0/s1. The Morgan fingerprint density at radius 2 is 2.08 bits per heavy atom. The topological polar surface area (TPSA) is 97.6 Å². The molecule has 1 saturated heterocycles. The van der Waals surface area contributed by atoms with Crippen LogP contribution in [0.3, 0.4) is 0 Å². The largest absolute Gasteiger partial charge is 0.382 e. The predicted octanol–water partition coefficient (Wildman–Crippen LogP) is 1.43. The van der Waals surface area contributed by atoms with Crippen LogP contribution >= 0.6 is 0 Å². The minimum Gasteiger partial charge on any atom is -0.382 e. The average Bonchev–Trinajstić information content (AvgIpc) is 3.08. The van der Waals surface area contributed by atoms with Crippen molar-refractivity contribution in [1.82, 2.24) is 20.4 Å². The second-order valence-corrected chi connectivity index (χ2v) is 6.29. The van der Waals surface area contributed by atoms with Crippen molar-refractivity contribution in [3.05, 3.63) is 47.1 Å². The van der Waals surface area contributed by atoms with Gasteiger partial charge in [-0.05, 0) is 25.0 Å². The molecule has 1 atom stereocenters. The molecule has 25 heavy (non-hydrogen) atoms. The van der Waals surface area contributed by atoms with Gasteiger partial charge >= 0.3 is 6.03 Å². The van der Waals surface area contributed by atoms with Gasteiger partial charge in [0.2, 0.25) is 5.89 Å². The number of amides is 3. The lowest BCUT2D eigenvalue weighted by molar-refractivity contribution is -0.133. The maximum Gasteiger partial charge on any atom is 0.325 e. The Morgan fingerprint density at radius 3 is 2.80 bits per heavy atom. The number of methoxy groups -OCH3 is 1. The van der Waals surface area contributed by atoms with Crippen LogP contribution in [-0.4, -0.2) is 46.2 Å². The number of imide groups is 1. The molecular weight excluding hydrogens is 324 g/mol. The number of hydrogen-bond acceptors (Lipinski definition) is 6. The number of urea groups is 1. The molecule has 3 rings (SSSR count). The third kappa shape index (κ3) is 3.39. The maximum absolute atomic E-state index is 12.4. The van der Waals surface area contributed by atoms with Crippen LogP contribution in [-0.2, 0) is 22.5 Å². The van der Waals surface area contributed by atoms with Gasteiger partial charge in [-0.25, -0.2) is 4.79 Å². The summed E-state index contributed by atoms with van der Waals surface area (Å²) in [6.07, 6.45) is 0.526. The molecule has 2 aromatic rings. The number of nitrogens with zero attached hydrogens (tertiary/aromatic N) is 3. The number of ether oxygens (including phenoxy) is 1. The highest BCUT2D eigenvalue weighted by Crippen LogP contribution is 2.20. The van der Waals surface area contributed by atoms with Gasteiger partial charge in [-0.3, -0.25) is 9.69 Å². The molecule has 0 radical (unpaired) electrons. The smallest absolute Gasteiger partial charge is 0.325 e. The van der Waals surface area contributed by atoms with E-state index in [1.165, 1.54) is 7.11 Å². The SMILES string of the molecule is COC[C@]1(C)NC(=O)N(Cc2nc(Cc3ccccc3C)no2)C1=O. The summed E-state index contributed by atoms with van der Waals surface area (Å²) in [5, 5.41) is 6.56. The van der Waals surface area contributed by atoms with E-state index in [1.54, 1.807) is 6.92 Å². The van der Waals surface area contributed by atoms with Gasteiger partial charge in [0, 0.05) is 13.5 Å². The molecule has 2 heterocycles. The Bertz CT molecular complexity index is 803. The lowest BCUT2D eigenvalue weighted by Crippen LogP contribution is -2.47. The van der Waals surface area contributed by atoms with Crippen LogP contribution in [0.25, 0.3) is 0 Å². The highest BCUT2D eigenvalue weighted by Gasteiger charge is 2.48. The molecule has 3 amide bonds. The van der Waals surface area contributed by atoms with Gasteiger partial charge in [-0.1, -0.05) is 29.4 Å². The van der Waals surface area contributed by atoms with E-state index < -0.39 is 11.6 Å². The number of nitrogens with one attached hydrogen (secondary N) is 1. The molecule has 1 N–H and O–H groups in total. The number of benzene rings is 1. The van der Waals surface area contributed by atoms with Crippen molar-refractivity contribution >= 4 is 11.9 Å². The van der Waals surface area contributed by atoms with E-state index in [0.717, 1.165) is 16.0 Å². The predicted molar refractivity (Wildman–Crippen MR) is 87.6 cm³/mol. The number of carbonyl (C=O) groups is 2. The van der Waals surface area contributed by atoms with Crippen LogP contribution in [0.4, 0.5) is 4.79 Å². The van der Waals surface area contributed by atoms with Gasteiger partial charge in [-0.2, -0.15) is 4.98 Å². The first-order valence-corrected chi connectivity index (χ1v) is 7.92. The van der Waals surface area contributed by atoms with Crippen LogP contribution in [0.2, 0.25) is 0 Å². The van der Waals surface area contributed by atoms with E-state index in [2.05, 4.69) is 15.5 Å². The summed E-state index contributed by atoms with van der Waals surface area (Å²) in [5.74, 6) is 0.350. The second kappa shape index (κ2) is 6.64. The molecule has 0 spiro atoms. The molecule has 1 aliphatic heterocycles. The lowest BCUT2D eigenvalue weighted by Gasteiger charge is -2.19. The summed E-state index contributed by atoms with van der Waals surface area (Å²) in [4.78, 5) is 29.9. The Hall–Kier alpha value is -2.74. The van der Waals surface area contributed by atoms with Gasteiger partial charge in [0.05, 0.1) is 6.61 Å². The van der Waals surface area contributed by atoms with E-state index in [0.29, 0.717) is 12.2 Å². The molecule has 1 aliphatic rings.